The van der Waals surface area contributed by atoms with Crippen LogP contribution in [0.5, 0.6) is 5.75 Å². The van der Waals surface area contributed by atoms with Crippen molar-refractivity contribution in [3.05, 3.63) is 40.8 Å². The van der Waals surface area contributed by atoms with Gasteiger partial charge in [0.05, 0.1) is 0 Å². The monoisotopic (exact) mass is 273 g/mol. The van der Waals surface area contributed by atoms with E-state index in [-0.39, 0.29) is 5.91 Å². The molecule has 1 fully saturated rings. The van der Waals surface area contributed by atoms with Crippen LogP contribution in [0.3, 0.4) is 0 Å². The number of fused-ring (bicyclic) bond motifs is 1. The number of carbonyl (C=O) groups excluding carboxylic acids is 1. The molecule has 1 heterocycles. The van der Waals surface area contributed by atoms with Gasteiger partial charge in [-0.2, -0.15) is 0 Å². The third-order valence-electron chi connectivity index (χ3n) is 3.20. The maximum atomic E-state index is 11.8. The molecular formula is C15H15NO4. The maximum Gasteiger partial charge on any atom is 0.336 e. The zero-order valence-corrected chi connectivity index (χ0v) is 11.1. The van der Waals surface area contributed by atoms with Gasteiger partial charge in [-0.25, -0.2) is 4.79 Å². The van der Waals surface area contributed by atoms with Gasteiger partial charge in [-0.05, 0) is 38.0 Å². The average Bonchev–Trinajstić information content (AvgIpc) is 3.22. The number of benzene rings is 1. The minimum atomic E-state index is -0.580. The molecule has 1 amide bonds. The Morgan fingerprint density at radius 1 is 1.35 bits per heavy atom. The molecule has 5 nitrogen and oxygen atoms in total. The number of nitrogens with one attached hydrogen (secondary N) is 1. The molecule has 0 saturated heterocycles. The summed E-state index contributed by atoms with van der Waals surface area (Å²) in [6, 6.07) is 8.53. The number of carbonyl (C=O) groups is 1. The normalized spacial score (nSPS) is 15.8. The quantitative estimate of drug-likeness (QED) is 0.863. The van der Waals surface area contributed by atoms with Gasteiger partial charge in [0, 0.05) is 23.6 Å². The lowest BCUT2D eigenvalue weighted by Gasteiger charge is -2.14. The molecule has 1 saturated carbocycles. The summed E-state index contributed by atoms with van der Waals surface area (Å²) in [4.78, 5) is 23.0. The molecule has 1 N–H and O–H groups in total. The molecule has 0 unspecified atom stereocenters. The number of hydrogen-bond donors (Lipinski definition) is 1. The number of ether oxygens (including phenoxy) is 1. The molecule has 0 radical (unpaired) electrons. The van der Waals surface area contributed by atoms with Gasteiger partial charge >= 0.3 is 5.63 Å². The average molecular weight is 273 g/mol. The van der Waals surface area contributed by atoms with Crippen molar-refractivity contribution in [3.63, 3.8) is 0 Å². The Morgan fingerprint density at radius 3 is 2.85 bits per heavy atom. The molecule has 20 heavy (non-hydrogen) atoms. The zero-order valence-electron chi connectivity index (χ0n) is 11.1. The second kappa shape index (κ2) is 5.00. The molecule has 104 valence electrons. The molecule has 1 aromatic heterocycles. The fourth-order valence-corrected chi connectivity index (χ4v) is 1.92. The van der Waals surface area contributed by atoms with Crippen LogP contribution in [0.1, 0.15) is 19.8 Å². The summed E-state index contributed by atoms with van der Waals surface area (Å²) in [6.45, 7) is 1.70. The molecule has 5 heteroatoms. The Labute approximate surface area is 115 Å². The van der Waals surface area contributed by atoms with Crippen LogP contribution in [0, 0.1) is 0 Å². The van der Waals surface area contributed by atoms with Gasteiger partial charge in [0.1, 0.15) is 11.3 Å². The van der Waals surface area contributed by atoms with E-state index in [0.29, 0.717) is 17.4 Å². The molecule has 1 aromatic carbocycles. The van der Waals surface area contributed by atoms with E-state index < -0.39 is 11.7 Å². The first-order valence-corrected chi connectivity index (χ1v) is 6.63. The summed E-state index contributed by atoms with van der Waals surface area (Å²) < 4.78 is 10.7. The highest BCUT2D eigenvalue weighted by Crippen LogP contribution is 2.21. The summed E-state index contributed by atoms with van der Waals surface area (Å²) in [5.74, 6) is 0.382. The third-order valence-corrected chi connectivity index (χ3v) is 3.20. The molecule has 1 aliphatic carbocycles. The Bertz CT molecular complexity index is 702. The Kier molecular flexibility index (Phi) is 3.18. The topological polar surface area (TPSA) is 68.5 Å². The van der Waals surface area contributed by atoms with E-state index in [4.69, 9.17) is 9.15 Å². The van der Waals surface area contributed by atoms with Crippen LogP contribution >= 0.6 is 0 Å². The molecule has 1 aliphatic rings. The van der Waals surface area contributed by atoms with Gasteiger partial charge in [-0.1, -0.05) is 0 Å². The second-order valence-corrected chi connectivity index (χ2v) is 5.00. The Hall–Kier alpha value is -2.30. The van der Waals surface area contributed by atoms with Crippen LogP contribution in [0.15, 0.2) is 39.5 Å². The van der Waals surface area contributed by atoms with Crippen LogP contribution in [0.2, 0.25) is 0 Å². The van der Waals surface area contributed by atoms with Crippen LogP contribution < -0.4 is 15.7 Å². The summed E-state index contributed by atoms with van der Waals surface area (Å²) in [5.41, 5.74) is 0.0407. The minimum absolute atomic E-state index is 0.123. The van der Waals surface area contributed by atoms with Gasteiger partial charge in [0.15, 0.2) is 6.10 Å². The lowest BCUT2D eigenvalue weighted by atomic mass is 10.2. The fourth-order valence-electron chi connectivity index (χ4n) is 1.92. The third kappa shape index (κ3) is 2.82. The molecular weight excluding hydrogens is 258 g/mol. The van der Waals surface area contributed by atoms with Gasteiger partial charge in [-0.3, -0.25) is 4.79 Å². The predicted molar refractivity (Wildman–Crippen MR) is 73.7 cm³/mol. The van der Waals surface area contributed by atoms with E-state index >= 15 is 0 Å². The first kappa shape index (κ1) is 12.7. The molecule has 2 aromatic rings. The highest BCUT2D eigenvalue weighted by atomic mass is 16.5. The number of hydrogen-bond acceptors (Lipinski definition) is 4. The van der Waals surface area contributed by atoms with Gasteiger partial charge in [0.25, 0.3) is 5.91 Å². The van der Waals surface area contributed by atoms with E-state index in [1.807, 2.05) is 0 Å². The molecule has 0 bridgehead atoms. The van der Waals surface area contributed by atoms with Crippen molar-refractivity contribution >= 4 is 16.9 Å². The summed E-state index contributed by atoms with van der Waals surface area (Å²) in [5, 5.41) is 3.69. The molecule has 0 spiro atoms. The first-order chi connectivity index (χ1) is 9.61. The van der Waals surface area contributed by atoms with Crippen molar-refractivity contribution in [1.29, 1.82) is 0 Å². The van der Waals surface area contributed by atoms with Crippen molar-refractivity contribution < 1.29 is 13.9 Å². The molecule has 0 aliphatic heterocycles. The lowest BCUT2D eigenvalue weighted by molar-refractivity contribution is -0.127. The van der Waals surface area contributed by atoms with E-state index in [9.17, 15) is 9.59 Å². The second-order valence-electron chi connectivity index (χ2n) is 5.00. The van der Waals surface area contributed by atoms with Gasteiger partial charge in [0.2, 0.25) is 0 Å². The van der Waals surface area contributed by atoms with Crippen molar-refractivity contribution in [1.82, 2.24) is 5.32 Å². The zero-order chi connectivity index (χ0) is 14.1. The van der Waals surface area contributed by atoms with Crippen molar-refractivity contribution in [2.24, 2.45) is 0 Å². The summed E-state index contributed by atoms with van der Waals surface area (Å²) in [7, 11) is 0. The number of rotatable bonds is 4. The fraction of sp³-hybridized carbons (Fsp3) is 0.333. The van der Waals surface area contributed by atoms with Crippen LogP contribution in [0.4, 0.5) is 0 Å². The summed E-state index contributed by atoms with van der Waals surface area (Å²) in [6.07, 6.45) is 1.50. The summed E-state index contributed by atoms with van der Waals surface area (Å²) >= 11 is 0. The Morgan fingerprint density at radius 2 is 2.10 bits per heavy atom. The van der Waals surface area contributed by atoms with E-state index in [1.54, 1.807) is 31.2 Å². The van der Waals surface area contributed by atoms with Crippen molar-refractivity contribution in [3.8, 4) is 5.75 Å². The van der Waals surface area contributed by atoms with E-state index in [2.05, 4.69) is 5.32 Å². The van der Waals surface area contributed by atoms with Crippen LogP contribution in [0.25, 0.3) is 11.0 Å². The standard InChI is InChI=1S/C15H15NO4/c1-9(15(18)16-11-4-5-11)19-12-6-2-10-3-7-14(17)20-13(10)8-12/h2-3,6-9,11H,4-5H2,1H3,(H,16,18)/t9-/m0/s1. The first-order valence-electron chi connectivity index (χ1n) is 6.63. The molecule has 3 rings (SSSR count). The van der Waals surface area contributed by atoms with Crippen LogP contribution in [-0.4, -0.2) is 18.1 Å². The lowest BCUT2D eigenvalue weighted by Crippen LogP contribution is -2.37. The largest absolute Gasteiger partial charge is 0.481 e. The highest BCUT2D eigenvalue weighted by Gasteiger charge is 2.26. The predicted octanol–water partition coefficient (Wildman–Crippen LogP) is 1.84. The smallest absolute Gasteiger partial charge is 0.336 e. The van der Waals surface area contributed by atoms with Crippen molar-refractivity contribution in [2.45, 2.75) is 31.9 Å². The van der Waals surface area contributed by atoms with Gasteiger partial charge < -0.3 is 14.5 Å². The maximum absolute atomic E-state index is 11.8. The van der Waals surface area contributed by atoms with Crippen molar-refractivity contribution in [2.75, 3.05) is 0 Å². The van der Waals surface area contributed by atoms with Crippen LogP contribution in [-0.2, 0) is 4.79 Å². The highest BCUT2D eigenvalue weighted by molar-refractivity contribution is 5.82. The number of amides is 1. The SMILES string of the molecule is C[C@H](Oc1ccc2ccc(=O)oc2c1)C(=O)NC1CC1. The van der Waals surface area contributed by atoms with E-state index in [0.717, 1.165) is 18.2 Å². The minimum Gasteiger partial charge on any atom is -0.481 e. The van der Waals surface area contributed by atoms with Gasteiger partial charge in [-0.15, -0.1) is 0 Å². The molecule has 1 atom stereocenters. The Balaban J connectivity index is 1.75. The van der Waals surface area contributed by atoms with E-state index in [1.165, 1.54) is 6.07 Å².